The Morgan fingerprint density at radius 1 is 1.09 bits per heavy atom. The van der Waals surface area contributed by atoms with E-state index in [1.807, 2.05) is 0 Å². The molecule has 1 heterocycles. The van der Waals surface area contributed by atoms with Crippen molar-refractivity contribution in [2.75, 3.05) is 18.0 Å². The van der Waals surface area contributed by atoms with Crippen LogP contribution in [0.5, 0.6) is 0 Å². The summed E-state index contributed by atoms with van der Waals surface area (Å²) in [6.07, 6.45) is 2.36. The van der Waals surface area contributed by atoms with Gasteiger partial charge in [0.1, 0.15) is 0 Å². The van der Waals surface area contributed by atoms with Crippen LogP contribution in [0.2, 0.25) is 0 Å². The van der Waals surface area contributed by atoms with Crippen molar-refractivity contribution < 1.29 is 0 Å². The summed E-state index contributed by atoms with van der Waals surface area (Å²) in [7, 11) is 0. The zero-order chi connectivity index (χ0) is 16.4. The van der Waals surface area contributed by atoms with Crippen LogP contribution in [-0.2, 0) is 11.8 Å². The summed E-state index contributed by atoms with van der Waals surface area (Å²) in [6.45, 7) is 11.6. The van der Waals surface area contributed by atoms with Crippen LogP contribution in [0.1, 0.15) is 43.9 Å². The topological polar surface area (TPSA) is 3.24 Å². The molecule has 0 saturated heterocycles. The molecule has 3 rings (SSSR count). The molecule has 0 aliphatic carbocycles. The molecule has 122 valence electrons. The Balaban J connectivity index is 1.85. The second-order valence-corrected chi connectivity index (χ2v) is 7.84. The van der Waals surface area contributed by atoms with Gasteiger partial charge in [-0.1, -0.05) is 68.8 Å². The molecule has 1 nitrogen and oxygen atoms in total. The van der Waals surface area contributed by atoms with Crippen molar-refractivity contribution in [2.24, 2.45) is 5.92 Å². The number of fused-ring (bicyclic) bond motifs is 1. The van der Waals surface area contributed by atoms with Crippen molar-refractivity contribution in [1.82, 2.24) is 0 Å². The second kappa shape index (κ2) is 6.39. The molecule has 1 unspecified atom stereocenters. The van der Waals surface area contributed by atoms with E-state index in [4.69, 9.17) is 0 Å². The summed E-state index contributed by atoms with van der Waals surface area (Å²) >= 11 is 0. The van der Waals surface area contributed by atoms with Crippen LogP contribution in [0.25, 0.3) is 0 Å². The number of rotatable bonds is 5. The van der Waals surface area contributed by atoms with Gasteiger partial charge in [-0.25, -0.2) is 0 Å². The van der Waals surface area contributed by atoms with Crippen molar-refractivity contribution in [3.8, 4) is 0 Å². The Kier molecular flexibility index (Phi) is 4.48. The second-order valence-electron chi connectivity index (χ2n) is 7.84. The molecule has 0 spiro atoms. The van der Waals surface area contributed by atoms with Gasteiger partial charge in [-0.2, -0.15) is 0 Å². The maximum Gasteiger partial charge on any atom is 0.0405 e. The first-order valence-electron chi connectivity index (χ1n) is 8.88. The summed E-state index contributed by atoms with van der Waals surface area (Å²) in [5.41, 5.74) is 6.09. The van der Waals surface area contributed by atoms with E-state index in [1.165, 1.54) is 23.2 Å². The molecule has 0 aromatic heterocycles. The van der Waals surface area contributed by atoms with Gasteiger partial charge in [0.2, 0.25) is 0 Å². The molecule has 0 amide bonds. The number of benzene rings is 2. The minimum Gasteiger partial charge on any atom is -0.370 e. The van der Waals surface area contributed by atoms with Crippen molar-refractivity contribution in [3.05, 3.63) is 65.2 Å². The van der Waals surface area contributed by atoms with Gasteiger partial charge >= 0.3 is 0 Å². The van der Waals surface area contributed by atoms with Crippen LogP contribution >= 0.6 is 0 Å². The first kappa shape index (κ1) is 16.1. The van der Waals surface area contributed by atoms with Gasteiger partial charge in [0, 0.05) is 24.2 Å². The monoisotopic (exact) mass is 307 g/mol. The average Bonchev–Trinajstić information content (AvgIpc) is 2.78. The molecule has 1 heteroatoms. The van der Waals surface area contributed by atoms with Crippen LogP contribution in [0, 0.1) is 12.8 Å². The Morgan fingerprint density at radius 2 is 1.83 bits per heavy atom. The quantitative estimate of drug-likeness (QED) is 0.718. The summed E-state index contributed by atoms with van der Waals surface area (Å²) in [5, 5.41) is 0. The van der Waals surface area contributed by atoms with Crippen LogP contribution < -0.4 is 4.90 Å². The Labute approximate surface area is 141 Å². The molecule has 2 aromatic rings. The van der Waals surface area contributed by atoms with Gasteiger partial charge in [-0.15, -0.1) is 0 Å². The largest absolute Gasteiger partial charge is 0.370 e. The number of aryl methyl sites for hydroxylation is 2. The van der Waals surface area contributed by atoms with E-state index < -0.39 is 0 Å². The predicted octanol–water partition coefficient (Wildman–Crippen LogP) is 5.36. The van der Waals surface area contributed by atoms with Crippen LogP contribution in [0.15, 0.2) is 48.5 Å². The van der Waals surface area contributed by atoms with E-state index in [0.717, 1.165) is 19.5 Å². The maximum absolute atomic E-state index is 2.60. The highest BCUT2D eigenvalue weighted by Gasteiger charge is 2.38. The van der Waals surface area contributed by atoms with E-state index >= 15 is 0 Å². The predicted molar refractivity (Wildman–Crippen MR) is 100 cm³/mol. The highest BCUT2D eigenvalue weighted by atomic mass is 15.2. The molecular weight excluding hydrogens is 278 g/mol. The van der Waals surface area contributed by atoms with Crippen LogP contribution in [-0.4, -0.2) is 13.1 Å². The van der Waals surface area contributed by atoms with Gasteiger partial charge in [-0.05, 0) is 42.9 Å². The third kappa shape index (κ3) is 3.44. The molecule has 0 N–H and O–H groups in total. The van der Waals surface area contributed by atoms with Crippen molar-refractivity contribution in [1.29, 1.82) is 0 Å². The highest BCUT2D eigenvalue weighted by molar-refractivity contribution is 5.63. The number of hydrogen-bond donors (Lipinski definition) is 0. The fourth-order valence-corrected chi connectivity index (χ4v) is 3.88. The smallest absolute Gasteiger partial charge is 0.0405 e. The van der Waals surface area contributed by atoms with Crippen molar-refractivity contribution in [3.63, 3.8) is 0 Å². The lowest BCUT2D eigenvalue weighted by molar-refractivity contribution is 0.449. The molecule has 1 aliphatic rings. The number of nitrogens with zero attached hydrogens (tertiary/aromatic N) is 1. The summed E-state index contributed by atoms with van der Waals surface area (Å²) in [5.74, 6) is 0.695. The first-order chi connectivity index (χ1) is 11.0. The van der Waals surface area contributed by atoms with E-state index in [1.54, 1.807) is 5.56 Å². The minimum absolute atomic E-state index is 0.256. The zero-order valence-electron chi connectivity index (χ0n) is 15.0. The van der Waals surface area contributed by atoms with E-state index in [2.05, 4.69) is 81.1 Å². The third-order valence-electron chi connectivity index (χ3n) is 5.08. The lowest BCUT2D eigenvalue weighted by atomic mass is 9.79. The fourth-order valence-electron chi connectivity index (χ4n) is 3.88. The fraction of sp³-hybridized carbons (Fsp3) is 0.455. The third-order valence-corrected chi connectivity index (χ3v) is 5.08. The van der Waals surface area contributed by atoms with Gasteiger partial charge in [0.25, 0.3) is 0 Å². The normalized spacial score (nSPS) is 20.1. The molecular formula is C22H29N. The van der Waals surface area contributed by atoms with Crippen LogP contribution in [0.3, 0.4) is 0 Å². The Hall–Kier alpha value is -1.76. The molecule has 1 aliphatic heterocycles. The zero-order valence-corrected chi connectivity index (χ0v) is 15.0. The molecule has 2 aromatic carbocycles. The molecule has 1 atom stereocenters. The van der Waals surface area contributed by atoms with E-state index in [-0.39, 0.29) is 5.41 Å². The van der Waals surface area contributed by atoms with E-state index in [9.17, 15) is 0 Å². The summed E-state index contributed by atoms with van der Waals surface area (Å²) in [6, 6.07) is 17.9. The van der Waals surface area contributed by atoms with E-state index in [0.29, 0.717) is 5.92 Å². The van der Waals surface area contributed by atoms with Gasteiger partial charge in [0.15, 0.2) is 0 Å². The Morgan fingerprint density at radius 3 is 2.52 bits per heavy atom. The van der Waals surface area contributed by atoms with Gasteiger partial charge in [0.05, 0.1) is 0 Å². The standard InChI is InChI=1S/C22H29N/c1-17(2)15-23-16-22(4,13-12-19-8-6-5-7-9-19)20-14-18(3)10-11-21(20)23/h5-11,14,17H,12-13,15-16H2,1-4H3. The SMILES string of the molecule is Cc1ccc2c(c1)C(C)(CCc1ccccc1)CN2CC(C)C. The molecule has 0 bridgehead atoms. The first-order valence-corrected chi connectivity index (χ1v) is 8.88. The highest BCUT2D eigenvalue weighted by Crippen LogP contribution is 2.44. The van der Waals surface area contributed by atoms with Gasteiger partial charge < -0.3 is 4.90 Å². The number of anilines is 1. The molecule has 23 heavy (non-hydrogen) atoms. The van der Waals surface area contributed by atoms with Crippen LogP contribution in [0.4, 0.5) is 5.69 Å². The molecule has 0 fully saturated rings. The summed E-state index contributed by atoms with van der Waals surface area (Å²) in [4.78, 5) is 2.60. The average molecular weight is 307 g/mol. The molecule has 0 saturated carbocycles. The lowest BCUT2D eigenvalue weighted by Crippen LogP contribution is -2.33. The minimum atomic E-state index is 0.256. The maximum atomic E-state index is 2.60. The number of hydrogen-bond acceptors (Lipinski definition) is 1. The lowest BCUT2D eigenvalue weighted by Gasteiger charge is -2.27. The van der Waals surface area contributed by atoms with Crippen molar-refractivity contribution >= 4 is 5.69 Å². The van der Waals surface area contributed by atoms with Gasteiger partial charge in [-0.3, -0.25) is 0 Å². The Bertz CT molecular complexity index is 659. The van der Waals surface area contributed by atoms with Crippen molar-refractivity contribution in [2.45, 2.75) is 46.0 Å². The molecule has 0 radical (unpaired) electrons. The summed E-state index contributed by atoms with van der Waals surface area (Å²) < 4.78 is 0.